The summed E-state index contributed by atoms with van der Waals surface area (Å²) in [5, 5.41) is 2.81. The van der Waals surface area contributed by atoms with Gasteiger partial charge in [-0.1, -0.05) is 29.8 Å². The minimum atomic E-state index is -3.60. The number of nitrogens with zero attached hydrogens (tertiary/aromatic N) is 3. The Hall–Kier alpha value is -3.13. The van der Waals surface area contributed by atoms with Gasteiger partial charge < -0.3 is 10.1 Å². The van der Waals surface area contributed by atoms with Crippen LogP contribution in [0.25, 0.3) is 0 Å². The summed E-state index contributed by atoms with van der Waals surface area (Å²) in [5.41, 5.74) is 3.02. The molecule has 2 heterocycles. The Bertz CT molecular complexity index is 1560. The van der Waals surface area contributed by atoms with E-state index in [1.807, 2.05) is 31.2 Å². The second-order valence-electron chi connectivity index (χ2n) is 10.2. The molecule has 10 nitrogen and oxygen atoms in total. The maximum absolute atomic E-state index is 13.0. The van der Waals surface area contributed by atoms with Crippen LogP contribution in [0.1, 0.15) is 21.5 Å². The van der Waals surface area contributed by atoms with Crippen molar-refractivity contribution in [1.82, 2.24) is 13.5 Å². The van der Waals surface area contributed by atoms with Crippen LogP contribution >= 0.6 is 0 Å². The number of nitrogens with one attached hydrogen (secondary N) is 1. The highest BCUT2D eigenvalue weighted by Gasteiger charge is 2.29. The SMILES string of the molecule is Cc1ccc(S(=O)(=O)N2CCN(Cc3ccc(C(=O)Nc4ccc(S(=O)(=O)N5CCOCC5)cc4)cc3)CC2)cc1. The Morgan fingerprint density at radius 1 is 0.707 bits per heavy atom. The molecule has 0 saturated carbocycles. The zero-order valence-corrected chi connectivity index (χ0v) is 24.5. The van der Waals surface area contributed by atoms with Crippen molar-refractivity contribution in [3.8, 4) is 0 Å². The molecule has 0 unspecified atom stereocenters. The lowest BCUT2D eigenvalue weighted by Gasteiger charge is -2.34. The number of piperazine rings is 1. The van der Waals surface area contributed by atoms with E-state index in [0.717, 1.165) is 11.1 Å². The Labute approximate surface area is 241 Å². The normalized spacial score (nSPS) is 17.8. The van der Waals surface area contributed by atoms with Crippen LogP contribution < -0.4 is 5.32 Å². The lowest BCUT2D eigenvalue weighted by Crippen LogP contribution is -2.48. The molecule has 12 heteroatoms. The van der Waals surface area contributed by atoms with Crippen molar-refractivity contribution in [2.45, 2.75) is 23.3 Å². The van der Waals surface area contributed by atoms with E-state index < -0.39 is 20.0 Å². The van der Waals surface area contributed by atoms with Crippen LogP contribution in [-0.2, 0) is 31.3 Å². The Balaban J connectivity index is 1.13. The fourth-order valence-corrected chi connectivity index (χ4v) is 7.69. The first-order chi connectivity index (χ1) is 19.6. The molecule has 0 atom stereocenters. The molecule has 3 aromatic carbocycles. The highest BCUT2D eigenvalue weighted by atomic mass is 32.2. The van der Waals surface area contributed by atoms with Crippen molar-refractivity contribution in [1.29, 1.82) is 0 Å². The van der Waals surface area contributed by atoms with Crippen molar-refractivity contribution >= 4 is 31.6 Å². The Morgan fingerprint density at radius 3 is 1.78 bits per heavy atom. The zero-order chi connectivity index (χ0) is 29.0. The summed E-state index contributed by atoms with van der Waals surface area (Å²) in [7, 11) is -7.10. The van der Waals surface area contributed by atoms with E-state index in [1.165, 1.54) is 20.7 Å². The highest BCUT2D eigenvalue weighted by Crippen LogP contribution is 2.21. The van der Waals surface area contributed by atoms with E-state index >= 15 is 0 Å². The third kappa shape index (κ3) is 6.85. The summed E-state index contributed by atoms with van der Waals surface area (Å²) >= 11 is 0. The largest absolute Gasteiger partial charge is 0.379 e. The highest BCUT2D eigenvalue weighted by molar-refractivity contribution is 7.89. The van der Waals surface area contributed by atoms with Crippen molar-refractivity contribution < 1.29 is 26.4 Å². The van der Waals surface area contributed by atoms with Gasteiger partial charge in [0.1, 0.15) is 0 Å². The van der Waals surface area contributed by atoms with Gasteiger partial charge in [-0.15, -0.1) is 0 Å². The third-order valence-corrected chi connectivity index (χ3v) is 11.2. The predicted octanol–water partition coefficient (Wildman–Crippen LogP) is 2.77. The fraction of sp³-hybridized carbons (Fsp3) is 0.345. The Kier molecular flexibility index (Phi) is 8.88. The molecule has 3 aromatic rings. The van der Waals surface area contributed by atoms with Crippen molar-refractivity contribution in [3.63, 3.8) is 0 Å². The van der Waals surface area contributed by atoms with Crippen LogP contribution in [0.4, 0.5) is 5.69 Å². The summed E-state index contributed by atoms with van der Waals surface area (Å²) in [6.45, 7) is 6.05. The second kappa shape index (κ2) is 12.4. The molecule has 5 rings (SSSR count). The molecular formula is C29H34N4O6S2. The molecule has 218 valence electrons. The molecule has 1 N–H and O–H groups in total. The summed E-state index contributed by atoms with van der Waals surface area (Å²) in [4.78, 5) is 15.5. The number of sulfonamides is 2. The van der Waals surface area contributed by atoms with Gasteiger partial charge >= 0.3 is 0 Å². The maximum atomic E-state index is 13.0. The van der Waals surface area contributed by atoms with E-state index in [0.29, 0.717) is 75.2 Å². The van der Waals surface area contributed by atoms with Gasteiger partial charge in [0.05, 0.1) is 23.0 Å². The molecule has 0 aromatic heterocycles. The van der Waals surface area contributed by atoms with E-state index in [4.69, 9.17) is 4.74 Å². The molecule has 0 bridgehead atoms. The average molecular weight is 599 g/mol. The number of ether oxygens (including phenoxy) is 1. The molecule has 2 saturated heterocycles. The second-order valence-corrected chi connectivity index (χ2v) is 14.1. The molecular weight excluding hydrogens is 564 g/mol. The van der Waals surface area contributed by atoms with Gasteiger partial charge in [-0.25, -0.2) is 16.8 Å². The van der Waals surface area contributed by atoms with E-state index in [2.05, 4.69) is 10.2 Å². The van der Waals surface area contributed by atoms with Crippen molar-refractivity contribution in [2.24, 2.45) is 0 Å². The van der Waals surface area contributed by atoms with E-state index in [1.54, 1.807) is 36.4 Å². The number of carbonyl (C=O) groups excluding carboxylic acids is 1. The number of hydrogen-bond donors (Lipinski definition) is 1. The Morgan fingerprint density at radius 2 is 1.22 bits per heavy atom. The first-order valence-electron chi connectivity index (χ1n) is 13.5. The number of benzene rings is 3. The average Bonchev–Trinajstić information content (AvgIpc) is 2.99. The lowest BCUT2D eigenvalue weighted by atomic mass is 10.1. The summed E-state index contributed by atoms with van der Waals surface area (Å²) in [5.74, 6) is -0.296. The lowest BCUT2D eigenvalue weighted by molar-refractivity contribution is 0.0730. The fourth-order valence-electron chi connectivity index (χ4n) is 4.86. The van der Waals surface area contributed by atoms with Gasteiger partial charge in [-0.05, 0) is 61.0 Å². The maximum Gasteiger partial charge on any atom is 0.255 e. The quantitative estimate of drug-likeness (QED) is 0.424. The number of rotatable bonds is 8. The molecule has 2 fully saturated rings. The smallest absolute Gasteiger partial charge is 0.255 e. The van der Waals surface area contributed by atoms with Gasteiger partial charge in [-0.2, -0.15) is 8.61 Å². The zero-order valence-electron chi connectivity index (χ0n) is 22.9. The minimum absolute atomic E-state index is 0.176. The molecule has 0 spiro atoms. The van der Waals surface area contributed by atoms with E-state index in [9.17, 15) is 21.6 Å². The minimum Gasteiger partial charge on any atom is -0.379 e. The molecule has 2 aliphatic heterocycles. The van der Waals surface area contributed by atoms with Crippen molar-refractivity contribution in [2.75, 3.05) is 57.8 Å². The number of carbonyl (C=O) groups is 1. The number of hydrogen-bond acceptors (Lipinski definition) is 7. The standard InChI is InChI=1S/C29H34N4O6S2/c1-23-2-10-27(11-3-23)40(35,36)32-16-14-31(15-17-32)22-24-4-6-25(7-5-24)29(34)30-26-8-12-28(13-9-26)41(37,38)33-18-20-39-21-19-33/h2-13H,14-22H2,1H3,(H,30,34). The number of amides is 1. The van der Waals surface area contributed by atoms with Crippen LogP contribution in [0.5, 0.6) is 0 Å². The molecule has 0 radical (unpaired) electrons. The van der Waals surface area contributed by atoms with Crippen LogP contribution in [0, 0.1) is 6.92 Å². The van der Waals surface area contributed by atoms with Crippen LogP contribution in [0.15, 0.2) is 82.6 Å². The summed E-state index contributed by atoms with van der Waals surface area (Å²) in [6.07, 6.45) is 0. The third-order valence-electron chi connectivity index (χ3n) is 7.33. The molecule has 0 aliphatic carbocycles. The van der Waals surface area contributed by atoms with Gasteiger partial charge in [0.2, 0.25) is 20.0 Å². The van der Waals surface area contributed by atoms with Gasteiger partial charge in [0, 0.05) is 57.1 Å². The van der Waals surface area contributed by atoms with Gasteiger partial charge in [0.25, 0.3) is 5.91 Å². The number of anilines is 1. The van der Waals surface area contributed by atoms with Crippen LogP contribution in [0.2, 0.25) is 0 Å². The first kappa shape index (κ1) is 29.4. The monoisotopic (exact) mass is 598 g/mol. The van der Waals surface area contributed by atoms with Gasteiger partial charge in [0.15, 0.2) is 0 Å². The number of morpholine rings is 1. The van der Waals surface area contributed by atoms with Crippen LogP contribution in [-0.4, -0.2) is 88.7 Å². The predicted molar refractivity (Wildman–Crippen MR) is 156 cm³/mol. The van der Waals surface area contributed by atoms with Crippen molar-refractivity contribution in [3.05, 3.63) is 89.5 Å². The van der Waals surface area contributed by atoms with E-state index in [-0.39, 0.29) is 10.8 Å². The van der Waals surface area contributed by atoms with Gasteiger partial charge in [-0.3, -0.25) is 9.69 Å². The first-order valence-corrected chi connectivity index (χ1v) is 16.4. The van der Waals surface area contributed by atoms with Crippen LogP contribution in [0.3, 0.4) is 0 Å². The summed E-state index contributed by atoms with van der Waals surface area (Å²) < 4.78 is 59.7. The molecule has 2 aliphatic rings. The molecule has 41 heavy (non-hydrogen) atoms. The molecule has 1 amide bonds. The number of aryl methyl sites for hydroxylation is 1. The summed E-state index contributed by atoms with van der Waals surface area (Å²) in [6, 6.07) is 20.4. The topological polar surface area (TPSA) is 116 Å².